The number of nitrogens with zero attached hydrogens (tertiary/aromatic N) is 2. The summed E-state index contributed by atoms with van der Waals surface area (Å²) in [5.74, 6) is 0.0900. The molecule has 2 saturated heterocycles. The maximum atomic E-state index is 12.8. The van der Waals surface area contributed by atoms with Crippen molar-refractivity contribution in [3.63, 3.8) is 0 Å². The number of sulfonamides is 1. The van der Waals surface area contributed by atoms with Gasteiger partial charge in [0, 0.05) is 17.6 Å². The number of hydrogen-bond donors (Lipinski definition) is 1. The number of carbonyl (C=O) groups is 1. The molecule has 2 heterocycles. The van der Waals surface area contributed by atoms with E-state index in [1.807, 2.05) is 0 Å². The quantitative estimate of drug-likeness (QED) is 0.740. The Morgan fingerprint density at radius 3 is 2.52 bits per heavy atom. The Hall–Kier alpha value is -0.610. The topological polar surface area (TPSA) is 66.9 Å². The lowest BCUT2D eigenvalue weighted by Gasteiger charge is -2.53. The summed E-state index contributed by atoms with van der Waals surface area (Å²) in [7, 11) is -3.56. The van der Waals surface area contributed by atoms with Crippen molar-refractivity contribution < 1.29 is 17.9 Å². The van der Waals surface area contributed by atoms with Crippen LogP contribution < -0.4 is 0 Å². The van der Waals surface area contributed by atoms with E-state index in [9.17, 15) is 13.2 Å². The lowest BCUT2D eigenvalue weighted by molar-refractivity contribution is -0.181. The third-order valence-corrected chi connectivity index (χ3v) is 6.77. The molecule has 2 fully saturated rings. The second kappa shape index (κ2) is 6.36. The molecule has 0 bridgehead atoms. The SMILES string of the molecule is O=C(CS)N1CC2(C1)CN(S(=O)(=O)c1ccc(Br)cc1)CCO2. The molecule has 1 aromatic rings. The van der Waals surface area contributed by atoms with Crippen LogP contribution in [-0.4, -0.2) is 67.7 Å². The molecule has 0 N–H and O–H groups in total. The number of benzene rings is 1. The third-order valence-electron chi connectivity index (χ3n) is 4.11. The fourth-order valence-corrected chi connectivity index (χ4v) is 4.85. The zero-order chi connectivity index (χ0) is 16.7. The van der Waals surface area contributed by atoms with E-state index in [1.54, 1.807) is 29.2 Å². The van der Waals surface area contributed by atoms with Gasteiger partial charge in [0.25, 0.3) is 0 Å². The Balaban J connectivity index is 1.74. The van der Waals surface area contributed by atoms with Crippen LogP contribution in [0.15, 0.2) is 33.6 Å². The van der Waals surface area contributed by atoms with Gasteiger partial charge in [-0.3, -0.25) is 4.79 Å². The molecule has 1 spiro atoms. The predicted octanol–water partition coefficient (Wildman–Crippen LogP) is 0.981. The maximum absolute atomic E-state index is 12.8. The molecule has 0 atom stereocenters. The number of halogens is 1. The monoisotopic (exact) mass is 420 g/mol. The van der Waals surface area contributed by atoms with E-state index in [1.165, 1.54) is 4.31 Å². The predicted molar refractivity (Wildman–Crippen MR) is 92.0 cm³/mol. The molecule has 0 saturated carbocycles. The van der Waals surface area contributed by atoms with E-state index in [4.69, 9.17) is 4.74 Å². The summed E-state index contributed by atoms with van der Waals surface area (Å²) in [5.41, 5.74) is -0.584. The van der Waals surface area contributed by atoms with Gasteiger partial charge < -0.3 is 9.64 Å². The average molecular weight is 421 g/mol. The number of amides is 1. The lowest BCUT2D eigenvalue weighted by Crippen LogP contribution is -2.71. The van der Waals surface area contributed by atoms with Gasteiger partial charge in [0.05, 0.1) is 30.3 Å². The molecule has 126 valence electrons. The fraction of sp³-hybridized carbons (Fsp3) is 0.500. The number of morpholine rings is 1. The zero-order valence-electron chi connectivity index (χ0n) is 12.3. The largest absolute Gasteiger partial charge is 0.369 e. The summed E-state index contributed by atoms with van der Waals surface area (Å²) in [4.78, 5) is 13.5. The standard InChI is InChI=1S/C14H17BrN2O4S2/c15-11-1-3-12(4-2-11)23(19,20)17-5-6-21-14(10-17)8-16(9-14)13(18)7-22/h1-4,22H,5-10H2. The molecular formula is C14H17BrN2O4S2. The van der Waals surface area contributed by atoms with Gasteiger partial charge in [-0.2, -0.15) is 16.9 Å². The van der Waals surface area contributed by atoms with Crippen LogP contribution in [-0.2, 0) is 19.6 Å². The van der Waals surface area contributed by atoms with Crippen LogP contribution in [0.4, 0.5) is 0 Å². The van der Waals surface area contributed by atoms with E-state index < -0.39 is 15.6 Å². The Kier molecular flexibility index (Phi) is 4.76. The Bertz CT molecular complexity index is 702. The third kappa shape index (κ3) is 3.30. The van der Waals surface area contributed by atoms with Crippen LogP contribution in [0.5, 0.6) is 0 Å². The van der Waals surface area contributed by atoms with E-state index in [0.29, 0.717) is 26.2 Å². The normalized spacial score (nSPS) is 21.2. The van der Waals surface area contributed by atoms with Gasteiger partial charge in [-0.25, -0.2) is 8.42 Å². The first-order chi connectivity index (χ1) is 10.9. The van der Waals surface area contributed by atoms with Crippen molar-refractivity contribution in [2.75, 3.05) is 38.5 Å². The highest BCUT2D eigenvalue weighted by Gasteiger charge is 2.50. The van der Waals surface area contributed by atoms with Crippen molar-refractivity contribution in [3.8, 4) is 0 Å². The Morgan fingerprint density at radius 1 is 1.26 bits per heavy atom. The summed E-state index contributed by atoms with van der Waals surface area (Å²) in [6.07, 6.45) is 0. The van der Waals surface area contributed by atoms with E-state index in [0.717, 1.165) is 4.47 Å². The van der Waals surface area contributed by atoms with Gasteiger partial charge in [0.2, 0.25) is 15.9 Å². The molecule has 0 aromatic heterocycles. The molecule has 1 aromatic carbocycles. The first kappa shape index (κ1) is 17.2. The van der Waals surface area contributed by atoms with Gasteiger partial charge in [-0.1, -0.05) is 15.9 Å². The minimum Gasteiger partial charge on any atom is -0.369 e. The second-order valence-electron chi connectivity index (χ2n) is 5.73. The molecule has 2 aliphatic rings. The number of hydrogen-bond acceptors (Lipinski definition) is 5. The molecule has 1 amide bonds. The minimum absolute atomic E-state index is 0.0598. The summed E-state index contributed by atoms with van der Waals surface area (Å²) in [6, 6.07) is 6.58. The Morgan fingerprint density at radius 2 is 1.91 bits per heavy atom. The number of ether oxygens (including phenoxy) is 1. The molecule has 9 heteroatoms. The number of rotatable bonds is 3. The number of carbonyl (C=O) groups excluding carboxylic acids is 1. The minimum atomic E-state index is -3.56. The maximum Gasteiger partial charge on any atom is 0.243 e. The van der Waals surface area contributed by atoms with Crippen LogP contribution in [0.2, 0.25) is 0 Å². The molecule has 0 aliphatic carbocycles. The van der Waals surface area contributed by atoms with Gasteiger partial charge in [-0.05, 0) is 24.3 Å². The number of thiol groups is 1. The van der Waals surface area contributed by atoms with Crippen molar-refractivity contribution in [2.45, 2.75) is 10.5 Å². The first-order valence-electron chi connectivity index (χ1n) is 7.15. The van der Waals surface area contributed by atoms with Crippen LogP contribution in [0.1, 0.15) is 0 Å². The molecule has 6 nitrogen and oxygen atoms in total. The van der Waals surface area contributed by atoms with Crippen molar-refractivity contribution in [2.24, 2.45) is 0 Å². The van der Waals surface area contributed by atoms with Gasteiger partial charge >= 0.3 is 0 Å². The summed E-state index contributed by atoms with van der Waals surface area (Å²) < 4.78 is 33.6. The lowest BCUT2D eigenvalue weighted by atomic mass is 9.92. The highest BCUT2D eigenvalue weighted by molar-refractivity contribution is 9.10. The van der Waals surface area contributed by atoms with Crippen LogP contribution in [0.25, 0.3) is 0 Å². The van der Waals surface area contributed by atoms with E-state index in [2.05, 4.69) is 28.6 Å². The summed E-state index contributed by atoms with van der Waals surface area (Å²) in [6.45, 7) is 1.75. The molecule has 3 rings (SSSR count). The van der Waals surface area contributed by atoms with Crippen molar-refractivity contribution >= 4 is 44.5 Å². The summed E-state index contributed by atoms with van der Waals surface area (Å²) in [5, 5.41) is 0. The highest BCUT2D eigenvalue weighted by Crippen LogP contribution is 2.32. The van der Waals surface area contributed by atoms with Crippen molar-refractivity contribution in [1.82, 2.24) is 9.21 Å². The van der Waals surface area contributed by atoms with Crippen molar-refractivity contribution in [3.05, 3.63) is 28.7 Å². The van der Waals surface area contributed by atoms with Gasteiger partial charge in [0.15, 0.2) is 0 Å². The van der Waals surface area contributed by atoms with E-state index >= 15 is 0 Å². The fourth-order valence-electron chi connectivity index (χ4n) is 2.89. The van der Waals surface area contributed by atoms with E-state index in [-0.39, 0.29) is 23.1 Å². The molecule has 2 aliphatic heterocycles. The van der Waals surface area contributed by atoms with Crippen LogP contribution in [0, 0.1) is 0 Å². The van der Waals surface area contributed by atoms with Gasteiger partial charge in [0.1, 0.15) is 5.60 Å². The van der Waals surface area contributed by atoms with Gasteiger partial charge in [-0.15, -0.1) is 0 Å². The summed E-state index contributed by atoms with van der Waals surface area (Å²) >= 11 is 7.27. The highest BCUT2D eigenvalue weighted by atomic mass is 79.9. The average Bonchev–Trinajstić information content (AvgIpc) is 2.52. The first-order valence-corrected chi connectivity index (χ1v) is 10.0. The Labute approximate surface area is 149 Å². The molecule has 0 unspecified atom stereocenters. The van der Waals surface area contributed by atoms with Crippen molar-refractivity contribution in [1.29, 1.82) is 0 Å². The van der Waals surface area contributed by atoms with Crippen LogP contribution in [0.3, 0.4) is 0 Å². The second-order valence-corrected chi connectivity index (χ2v) is 8.90. The zero-order valence-corrected chi connectivity index (χ0v) is 15.6. The van der Waals surface area contributed by atoms with Crippen LogP contribution >= 0.6 is 28.6 Å². The molecule has 0 radical (unpaired) electrons. The smallest absolute Gasteiger partial charge is 0.243 e. The molecule has 23 heavy (non-hydrogen) atoms. The molecular weight excluding hydrogens is 404 g/mol. The number of likely N-dealkylation sites (tertiary alicyclic amines) is 1.